The fourth-order valence-corrected chi connectivity index (χ4v) is 2.84. The van der Waals surface area contributed by atoms with Gasteiger partial charge in [-0.3, -0.25) is 4.84 Å². The Bertz CT molecular complexity index is 397. The maximum absolute atomic E-state index is 12.1. The van der Waals surface area contributed by atoms with Gasteiger partial charge in [0.2, 0.25) is 0 Å². The summed E-state index contributed by atoms with van der Waals surface area (Å²) in [5.74, 6) is 0.432. The number of esters is 1. The monoisotopic (exact) mass is 237 g/mol. The molecule has 0 bridgehead atoms. The molecule has 1 saturated heterocycles. The Morgan fingerprint density at radius 1 is 1.59 bits per heavy atom. The highest BCUT2D eigenvalue weighted by atomic mass is 16.7. The summed E-state index contributed by atoms with van der Waals surface area (Å²) >= 11 is 0. The first-order valence-corrected chi connectivity index (χ1v) is 6.38. The van der Waals surface area contributed by atoms with E-state index in [1.54, 1.807) is 0 Å². The number of rotatable bonds is 3. The molecule has 17 heavy (non-hydrogen) atoms. The van der Waals surface area contributed by atoms with Crippen LogP contribution in [0.15, 0.2) is 11.8 Å². The molecule has 1 saturated carbocycles. The quantitative estimate of drug-likeness (QED) is 0.704. The van der Waals surface area contributed by atoms with Gasteiger partial charge in [0.25, 0.3) is 0 Å². The fraction of sp³-hybridized carbons (Fsp3) is 0.769. The summed E-state index contributed by atoms with van der Waals surface area (Å²) in [6, 6.07) is 0. The normalized spacial score (nSPS) is 33.8. The number of hydrogen-bond donors (Lipinski definition) is 0. The van der Waals surface area contributed by atoms with Crippen molar-refractivity contribution < 1.29 is 14.4 Å². The molecular weight excluding hydrogens is 218 g/mol. The minimum atomic E-state index is -0.641. The summed E-state index contributed by atoms with van der Waals surface area (Å²) < 4.78 is 5.19. The molecule has 1 aliphatic carbocycles. The van der Waals surface area contributed by atoms with Crippen molar-refractivity contribution in [1.82, 2.24) is 5.06 Å². The van der Waals surface area contributed by atoms with Crippen LogP contribution >= 0.6 is 0 Å². The predicted octanol–water partition coefficient (Wildman–Crippen LogP) is 2.01. The van der Waals surface area contributed by atoms with Gasteiger partial charge in [-0.1, -0.05) is 0 Å². The molecule has 2 aliphatic heterocycles. The lowest BCUT2D eigenvalue weighted by Crippen LogP contribution is -2.56. The maximum atomic E-state index is 12.1. The number of hydroxylamine groups is 2. The maximum Gasteiger partial charge on any atom is 0.338 e. The number of allylic oxidation sites excluding steroid dienone is 1. The van der Waals surface area contributed by atoms with Gasteiger partial charge in [-0.05, 0) is 39.7 Å². The second kappa shape index (κ2) is 3.25. The van der Waals surface area contributed by atoms with Crippen LogP contribution in [0.1, 0.15) is 40.0 Å². The largest absolute Gasteiger partial charge is 0.464 e. The van der Waals surface area contributed by atoms with Crippen LogP contribution in [0, 0.1) is 5.92 Å². The zero-order valence-electron chi connectivity index (χ0n) is 10.7. The first kappa shape index (κ1) is 11.1. The van der Waals surface area contributed by atoms with Gasteiger partial charge in [0.05, 0.1) is 12.2 Å². The van der Waals surface area contributed by atoms with Crippen LogP contribution in [0.2, 0.25) is 0 Å². The molecule has 1 atom stereocenters. The Labute approximate surface area is 102 Å². The van der Waals surface area contributed by atoms with Gasteiger partial charge < -0.3 is 4.74 Å². The van der Waals surface area contributed by atoms with Crippen LogP contribution in [0.3, 0.4) is 0 Å². The number of carbonyl (C=O) groups is 1. The van der Waals surface area contributed by atoms with Gasteiger partial charge in [-0.25, -0.2) is 9.86 Å². The Morgan fingerprint density at radius 3 is 2.88 bits per heavy atom. The van der Waals surface area contributed by atoms with E-state index in [0.717, 1.165) is 0 Å². The number of hydrogen-bond acceptors (Lipinski definition) is 4. The van der Waals surface area contributed by atoms with Crippen LogP contribution < -0.4 is 0 Å². The number of carbonyl (C=O) groups excluding carboxylic acids is 1. The van der Waals surface area contributed by atoms with Crippen molar-refractivity contribution in [2.45, 2.75) is 51.2 Å². The van der Waals surface area contributed by atoms with Crippen molar-refractivity contribution in [2.75, 3.05) is 6.61 Å². The molecule has 0 aromatic rings. The van der Waals surface area contributed by atoms with E-state index in [9.17, 15) is 4.79 Å². The molecular formula is C13H19NO3. The molecule has 2 fully saturated rings. The second-order valence-electron chi connectivity index (χ2n) is 5.81. The zero-order valence-corrected chi connectivity index (χ0v) is 10.7. The molecule has 0 aromatic carbocycles. The van der Waals surface area contributed by atoms with Crippen molar-refractivity contribution >= 4 is 5.97 Å². The van der Waals surface area contributed by atoms with Crippen molar-refractivity contribution in [3.8, 4) is 0 Å². The van der Waals surface area contributed by atoms with Crippen LogP contribution in [0.25, 0.3) is 0 Å². The highest BCUT2D eigenvalue weighted by molar-refractivity contribution is 5.86. The molecule has 0 amide bonds. The summed E-state index contributed by atoms with van der Waals surface area (Å²) in [7, 11) is 0. The van der Waals surface area contributed by atoms with Gasteiger partial charge in [0.1, 0.15) is 0 Å². The summed E-state index contributed by atoms with van der Waals surface area (Å²) in [5.41, 5.74) is 0.251. The Morgan fingerprint density at radius 2 is 2.29 bits per heavy atom. The molecule has 2 heterocycles. The Kier molecular flexibility index (Phi) is 2.12. The third-order valence-corrected chi connectivity index (χ3v) is 3.64. The van der Waals surface area contributed by atoms with Crippen molar-refractivity contribution in [2.24, 2.45) is 5.92 Å². The summed E-state index contributed by atoms with van der Waals surface area (Å²) in [4.78, 5) is 18.0. The highest BCUT2D eigenvalue weighted by Gasteiger charge is 2.63. The minimum absolute atomic E-state index is 0.171. The number of ether oxygens (including phenoxy) is 1. The molecule has 0 N–H and O–H groups in total. The van der Waals surface area contributed by atoms with Crippen molar-refractivity contribution in [1.29, 1.82) is 0 Å². The van der Waals surface area contributed by atoms with E-state index in [0.29, 0.717) is 18.9 Å². The molecule has 0 radical (unpaired) electrons. The van der Waals surface area contributed by atoms with E-state index in [4.69, 9.17) is 9.57 Å². The molecule has 4 heteroatoms. The van der Waals surface area contributed by atoms with Gasteiger partial charge in [0, 0.05) is 18.0 Å². The third-order valence-electron chi connectivity index (χ3n) is 3.64. The highest BCUT2D eigenvalue weighted by Crippen LogP contribution is 2.55. The molecule has 0 spiro atoms. The predicted molar refractivity (Wildman–Crippen MR) is 61.8 cm³/mol. The SMILES string of the molecule is CCOC(=O)C12C=C(C3CC3)N1OC(C)(C)C2. The first-order chi connectivity index (χ1) is 7.98. The van der Waals surface area contributed by atoms with E-state index < -0.39 is 5.54 Å². The van der Waals surface area contributed by atoms with E-state index >= 15 is 0 Å². The molecule has 1 unspecified atom stereocenters. The Balaban J connectivity index is 1.88. The average molecular weight is 237 g/mol. The molecule has 3 rings (SSSR count). The standard InChI is InChI=1S/C13H19NO3/c1-4-16-11(15)13-7-10(9-5-6-9)14(13)17-12(2,3)8-13/h7,9H,4-6,8H2,1-3H3. The van der Waals surface area contributed by atoms with E-state index in [1.165, 1.54) is 18.5 Å². The lowest BCUT2D eigenvalue weighted by atomic mass is 9.81. The number of nitrogens with zero attached hydrogens (tertiary/aromatic N) is 1. The zero-order chi connectivity index (χ0) is 12.3. The van der Waals surface area contributed by atoms with Gasteiger partial charge in [-0.2, -0.15) is 0 Å². The molecule has 0 aromatic heterocycles. The molecule has 94 valence electrons. The smallest absolute Gasteiger partial charge is 0.338 e. The van der Waals surface area contributed by atoms with E-state index in [1.807, 2.05) is 25.8 Å². The van der Waals surface area contributed by atoms with Gasteiger partial charge >= 0.3 is 5.97 Å². The average Bonchev–Trinajstić information content (AvgIpc) is 3.01. The summed E-state index contributed by atoms with van der Waals surface area (Å²) in [6.45, 7) is 6.29. The van der Waals surface area contributed by atoms with Crippen LogP contribution in [-0.2, 0) is 14.4 Å². The van der Waals surface area contributed by atoms with Crippen molar-refractivity contribution in [3.63, 3.8) is 0 Å². The third kappa shape index (κ3) is 1.50. The minimum Gasteiger partial charge on any atom is -0.464 e. The molecule has 3 aliphatic rings. The first-order valence-electron chi connectivity index (χ1n) is 6.38. The van der Waals surface area contributed by atoms with Gasteiger partial charge in [0.15, 0.2) is 5.54 Å². The summed E-state index contributed by atoms with van der Waals surface area (Å²) in [5, 5.41) is 1.82. The second-order valence-corrected chi connectivity index (χ2v) is 5.81. The summed E-state index contributed by atoms with van der Waals surface area (Å²) in [6.07, 6.45) is 5.17. The lowest BCUT2D eigenvalue weighted by molar-refractivity contribution is -0.209. The topological polar surface area (TPSA) is 38.8 Å². The van der Waals surface area contributed by atoms with Crippen LogP contribution in [0.4, 0.5) is 0 Å². The molecule has 4 nitrogen and oxygen atoms in total. The van der Waals surface area contributed by atoms with E-state index in [-0.39, 0.29) is 11.6 Å². The fourth-order valence-electron chi connectivity index (χ4n) is 2.84. The van der Waals surface area contributed by atoms with Crippen LogP contribution in [0.5, 0.6) is 0 Å². The van der Waals surface area contributed by atoms with Gasteiger partial charge in [-0.15, -0.1) is 0 Å². The van der Waals surface area contributed by atoms with Crippen LogP contribution in [-0.4, -0.2) is 28.8 Å². The Hall–Kier alpha value is -1.03. The van der Waals surface area contributed by atoms with E-state index in [2.05, 4.69) is 6.08 Å². The van der Waals surface area contributed by atoms with Crippen molar-refractivity contribution in [3.05, 3.63) is 11.8 Å². The lowest BCUT2D eigenvalue weighted by Gasteiger charge is -2.43. The number of fused-ring (bicyclic) bond motifs is 1.